The summed E-state index contributed by atoms with van der Waals surface area (Å²) < 4.78 is 5.21. The Morgan fingerprint density at radius 1 is 1.59 bits per heavy atom. The molecule has 1 fully saturated rings. The Kier molecular flexibility index (Phi) is 3.45. The van der Waals surface area contributed by atoms with Crippen molar-refractivity contribution >= 4 is 5.97 Å². The second-order valence-electron chi connectivity index (χ2n) is 4.18. The maximum absolute atomic E-state index is 10.7. The van der Waals surface area contributed by atoms with Crippen LogP contribution in [0.4, 0.5) is 0 Å². The summed E-state index contributed by atoms with van der Waals surface area (Å²) in [5, 5.41) is 17.3. The van der Waals surface area contributed by atoms with Gasteiger partial charge in [0.25, 0.3) is 0 Å². The maximum Gasteiger partial charge on any atom is 0.371 e. The van der Waals surface area contributed by atoms with Gasteiger partial charge in [-0.2, -0.15) is 5.26 Å². The van der Waals surface area contributed by atoms with E-state index in [0.717, 1.165) is 12.8 Å². The molecule has 0 bridgehead atoms. The number of aromatic carboxylic acids is 1. The van der Waals surface area contributed by atoms with Gasteiger partial charge >= 0.3 is 5.97 Å². The Balaban J connectivity index is 1.96. The monoisotopic (exact) mass is 234 g/mol. The van der Waals surface area contributed by atoms with E-state index in [9.17, 15) is 4.79 Å². The summed E-state index contributed by atoms with van der Waals surface area (Å²) in [4.78, 5) is 12.8. The zero-order valence-electron chi connectivity index (χ0n) is 9.43. The van der Waals surface area contributed by atoms with E-state index in [-0.39, 0.29) is 5.76 Å². The summed E-state index contributed by atoms with van der Waals surface area (Å²) in [5.41, 5.74) is 0. The van der Waals surface area contributed by atoms with E-state index >= 15 is 0 Å². The Labute approximate surface area is 99.2 Å². The fourth-order valence-corrected chi connectivity index (χ4v) is 1.80. The highest BCUT2D eigenvalue weighted by Crippen LogP contribution is 2.28. The lowest BCUT2D eigenvalue weighted by atomic mass is 10.3. The summed E-state index contributed by atoms with van der Waals surface area (Å²) in [5.74, 6) is -0.436. The second-order valence-corrected chi connectivity index (χ2v) is 4.18. The third-order valence-electron chi connectivity index (χ3n) is 2.81. The van der Waals surface area contributed by atoms with Gasteiger partial charge < -0.3 is 9.52 Å². The highest BCUT2D eigenvalue weighted by molar-refractivity contribution is 5.84. The summed E-state index contributed by atoms with van der Waals surface area (Å²) in [6.45, 7) is 1.30. The van der Waals surface area contributed by atoms with E-state index in [2.05, 4.69) is 11.0 Å². The summed E-state index contributed by atoms with van der Waals surface area (Å²) in [6, 6.07) is 5.80. The van der Waals surface area contributed by atoms with Gasteiger partial charge in [-0.15, -0.1) is 0 Å². The smallest absolute Gasteiger partial charge is 0.371 e. The van der Waals surface area contributed by atoms with Crippen molar-refractivity contribution in [3.05, 3.63) is 23.7 Å². The first-order valence-corrected chi connectivity index (χ1v) is 5.63. The van der Waals surface area contributed by atoms with Gasteiger partial charge in [-0.05, 0) is 25.0 Å². The SMILES string of the molecule is N#CCCN(Cc1ccc(C(=O)O)o1)C1CC1. The van der Waals surface area contributed by atoms with Crippen LogP contribution in [0.3, 0.4) is 0 Å². The van der Waals surface area contributed by atoms with Crippen molar-refractivity contribution in [2.24, 2.45) is 0 Å². The number of carboxylic acid groups (broad SMARTS) is 1. The quantitative estimate of drug-likeness (QED) is 0.812. The van der Waals surface area contributed by atoms with Crippen molar-refractivity contribution in [2.75, 3.05) is 6.54 Å². The van der Waals surface area contributed by atoms with Gasteiger partial charge in [-0.25, -0.2) is 4.79 Å². The largest absolute Gasteiger partial charge is 0.475 e. The lowest BCUT2D eigenvalue weighted by Crippen LogP contribution is -2.26. The molecule has 1 aromatic heterocycles. The van der Waals surface area contributed by atoms with E-state index < -0.39 is 5.97 Å². The predicted molar refractivity (Wildman–Crippen MR) is 59.3 cm³/mol. The summed E-state index contributed by atoms with van der Waals surface area (Å²) >= 11 is 0. The van der Waals surface area contributed by atoms with E-state index in [1.54, 1.807) is 6.07 Å². The molecule has 0 amide bonds. The van der Waals surface area contributed by atoms with Crippen LogP contribution >= 0.6 is 0 Å². The van der Waals surface area contributed by atoms with Gasteiger partial charge in [0.2, 0.25) is 5.76 Å². The molecule has 17 heavy (non-hydrogen) atoms. The molecule has 0 unspecified atom stereocenters. The number of nitrogens with zero attached hydrogens (tertiary/aromatic N) is 2. The molecule has 0 radical (unpaired) electrons. The summed E-state index contributed by atoms with van der Waals surface area (Å²) in [6.07, 6.45) is 2.79. The molecule has 0 spiro atoms. The molecule has 1 N–H and O–H groups in total. The molecule has 1 aliphatic carbocycles. The first kappa shape index (κ1) is 11.7. The van der Waals surface area contributed by atoms with E-state index in [4.69, 9.17) is 14.8 Å². The van der Waals surface area contributed by atoms with Crippen LogP contribution in [-0.2, 0) is 6.54 Å². The minimum Gasteiger partial charge on any atom is -0.475 e. The average Bonchev–Trinajstić information content (AvgIpc) is 3.04. The van der Waals surface area contributed by atoms with Crippen LogP contribution in [0.2, 0.25) is 0 Å². The van der Waals surface area contributed by atoms with Crippen LogP contribution in [0.15, 0.2) is 16.5 Å². The van der Waals surface area contributed by atoms with Crippen molar-refractivity contribution in [2.45, 2.75) is 31.8 Å². The van der Waals surface area contributed by atoms with Crippen LogP contribution in [0.1, 0.15) is 35.6 Å². The van der Waals surface area contributed by atoms with Crippen molar-refractivity contribution < 1.29 is 14.3 Å². The normalized spacial score (nSPS) is 14.8. The zero-order chi connectivity index (χ0) is 12.3. The Morgan fingerprint density at radius 3 is 2.88 bits per heavy atom. The standard InChI is InChI=1S/C12H14N2O3/c13-6-1-7-14(9-2-3-9)8-10-4-5-11(17-10)12(15)16/h4-5,9H,1-3,7-8H2,(H,15,16). The highest BCUT2D eigenvalue weighted by Gasteiger charge is 2.29. The Morgan fingerprint density at radius 2 is 2.35 bits per heavy atom. The molecule has 5 nitrogen and oxygen atoms in total. The zero-order valence-corrected chi connectivity index (χ0v) is 9.43. The topological polar surface area (TPSA) is 77.5 Å². The molecule has 0 aromatic carbocycles. The molecular weight excluding hydrogens is 220 g/mol. The fourth-order valence-electron chi connectivity index (χ4n) is 1.80. The first-order valence-electron chi connectivity index (χ1n) is 5.63. The molecule has 1 saturated carbocycles. The molecule has 0 aliphatic heterocycles. The number of furan rings is 1. The van der Waals surface area contributed by atoms with Gasteiger partial charge in [0.05, 0.1) is 12.6 Å². The molecule has 1 aliphatic rings. The first-order chi connectivity index (χ1) is 8.20. The molecule has 5 heteroatoms. The number of nitriles is 1. The highest BCUT2D eigenvalue weighted by atomic mass is 16.4. The average molecular weight is 234 g/mol. The lowest BCUT2D eigenvalue weighted by Gasteiger charge is -2.18. The molecule has 90 valence electrons. The number of hydrogen-bond donors (Lipinski definition) is 1. The number of hydrogen-bond acceptors (Lipinski definition) is 4. The number of carboxylic acids is 1. The van der Waals surface area contributed by atoms with E-state index in [0.29, 0.717) is 31.3 Å². The second kappa shape index (κ2) is 5.02. The predicted octanol–water partition coefficient (Wildman–Crippen LogP) is 1.86. The summed E-state index contributed by atoms with van der Waals surface area (Å²) in [7, 11) is 0. The van der Waals surface area contributed by atoms with E-state index in [1.165, 1.54) is 6.07 Å². The molecule has 0 atom stereocenters. The van der Waals surface area contributed by atoms with Crippen molar-refractivity contribution in [3.8, 4) is 6.07 Å². The number of carbonyl (C=O) groups is 1. The molecular formula is C12H14N2O3. The third-order valence-corrected chi connectivity index (χ3v) is 2.81. The number of rotatable bonds is 6. The Hall–Kier alpha value is -1.80. The van der Waals surface area contributed by atoms with Gasteiger partial charge in [0.15, 0.2) is 0 Å². The third kappa shape index (κ3) is 3.08. The molecule has 1 heterocycles. The lowest BCUT2D eigenvalue weighted by molar-refractivity contribution is 0.0658. The maximum atomic E-state index is 10.7. The van der Waals surface area contributed by atoms with E-state index in [1.807, 2.05) is 0 Å². The molecule has 1 aromatic rings. The minimum atomic E-state index is -1.05. The van der Waals surface area contributed by atoms with Crippen LogP contribution in [-0.4, -0.2) is 28.6 Å². The van der Waals surface area contributed by atoms with Gasteiger partial charge in [-0.3, -0.25) is 4.90 Å². The van der Waals surface area contributed by atoms with Crippen LogP contribution < -0.4 is 0 Å². The molecule has 0 saturated heterocycles. The van der Waals surface area contributed by atoms with Crippen LogP contribution in [0, 0.1) is 11.3 Å². The van der Waals surface area contributed by atoms with Gasteiger partial charge in [-0.1, -0.05) is 0 Å². The Bertz CT molecular complexity index is 443. The van der Waals surface area contributed by atoms with Crippen LogP contribution in [0.5, 0.6) is 0 Å². The van der Waals surface area contributed by atoms with Crippen LogP contribution in [0.25, 0.3) is 0 Å². The van der Waals surface area contributed by atoms with Gasteiger partial charge in [0, 0.05) is 19.0 Å². The van der Waals surface area contributed by atoms with Gasteiger partial charge in [0.1, 0.15) is 5.76 Å². The molecule has 2 rings (SSSR count). The van der Waals surface area contributed by atoms with Crippen molar-refractivity contribution in [3.63, 3.8) is 0 Å². The van der Waals surface area contributed by atoms with Crippen molar-refractivity contribution in [1.82, 2.24) is 4.90 Å². The minimum absolute atomic E-state index is 0.0315. The van der Waals surface area contributed by atoms with Crippen molar-refractivity contribution in [1.29, 1.82) is 5.26 Å². The fraction of sp³-hybridized carbons (Fsp3) is 0.500.